The molecule has 26 heavy (non-hydrogen) atoms. The van der Waals surface area contributed by atoms with Crippen LogP contribution in [0, 0.1) is 11.6 Å². The molecule has 2 aromatic heterocycles. The number of nitrogens with zero attached hydrogens (tertiary/aromatic N) is 3. The summed E-state index contributed by atoms with van der Waals surface area (Å²) >= 11 is 0. The number of carbonyl (C=O) groups excluding carboxylic acids is 1. The summed E-state index contributed by atoms with van der Waals surface area (Å²) in [5.41, 5.74) is 0.883. The topological polar surface area (TPSA) is 71.3 Å². The number of hydrogen-bond acceptors (Lipinski definition) is 4. The van der Waals surface area contributed by atoms with E-state index in [0.717, 1.165) is 18.2 Å². The zero-order valence-electron chi connectivity index (χ0n) is 15.0. The van der Waals surface area contributed by atoms with Gasteiger partial charge in [0.05, 0.1) is 12.2 Å². The van der Waals surface area contributed by atoms with Crippen LogP contribution in [0.3, 0.4) is 0 Å². The molecule has 3 aromatic rings. The van der Waals surface area contributed by atoms with Crippen molar-refractivity contribution in [2.75, 3.05) is 12.4 Å². The Morgan fingerprint density at radius 1 is 1.23 bits per heavy atom. The first-order valence-corrected chi connectivity index (χ1v) is 8.27. The smallest absolute Gasteiger partial charge is 0.256 e. The summed E-state index contributed by atoms with van der Waals surface area (Å²) in [5.74, 6) is -0.905. The molecule has 2 N–H and O–H groups in total. The number of carbonyl (C=O) groups is 1. The maximum atomic E-state index is 13.8. The summed E-state index contributed by atoms with van der Waals surface area (Å²) in [5, 5.41) is 9.56. The fraction of sp³-hybridized carbons (Fsp3) is 0.278. The molecule has 0 saturated carbocycles. The predicted octanol–water partition coefficient (Wildman–Crippen LogP) is 3.57. The second kappa shape index (κ2) is 8.37. The van der Waals surface area contributed by atoms with Crippen molar-refractivity contribution in [3.8, 4) is 0 Å². The summed E-state index contributed by atoms with van der Waals surface area (Å²) in [6.45, 7) is 5.69. The van der Waals surface area contributed by atoms with Crippen LogP contribution in [0.15, 0.2) is 36.7 Å². The number of aromatic nitrogens is 3. The Labute approximate surface area is 150 Å². The molecule has 1 aromatic carbocycles. The molecule has 0 radical (unpaired) electrons. The fourth-order valence-electron chi connectivity index (χ4n) is 2.39. The lowest BCUT2D eigenvalue weighted by molar-refractivity contribution is 0.0964. The van der Waals surface area contributed by atoms with Gasteiger partial charge in [0.25, 0.3) is 5.91 Å². The van der Waals surface area contributed by atoms with Gasteiger partial charge in [-0.25, -0.2) is 18.3 Å². The number of amides is 1. The Kier molecular flexibility index (Phi) is 6.21. The van der Waals surface area contributed by atoms with Crippen molar-refractivity contribution in [2.24, 2.45) is 0 Å². The van der Waals surface area contributed by atoms with E-state index in [0.29, 0.717) is 17.0 Å². The second-order valence-electron chi connectivity index (χ2n) is 5.25. The minimum atomic E-state index is -0.513. The Balaban J connectivity index is 0.00000117. The Morgan fingerprint density at radius 2 is 1.96 bits per heavy atom. The van der Waals surface area contributed by atoms with E-state index < -0.39 is 17.7 Å². The third kappa shape index (κ3) is 3.96. The summed E-state index contributed by atoms with van der Waals surface area (Å²) < 4.78 is 28.6. The third-order valence-electron chi connectivity index (χ3n) is 3.63. The monoisotopic (exact) mass is 361 g/mol. The highest BCUT2D eigenvalue weighted by atomic mass is 19.1. The normalized spacial score (nSPS) is 11.5. The van der Waals surface area contributed by atoms with Gasteiger partial charge in [0.15, 0.2) is 5.65 Å². The van der Waals surface area contributed by atoms with Crippen molar-refractivity contribution in [1.82, 2.24) is 19.9 Å². The molecular weight excluding hydrogens is 340 g/mol. The van der Waals surface area contributed by atoms with Crippen molar-refractivity contribution >= 4 is 17.4 Å². The molecule has 1 amide bonds. The van der Waals surface area contributed by atoms with E-state index in [9.17, 15) is 13.6 Å². The van der Waals surface area contributed by atoms with Crippen LogP contribution in [0.2, 0.25) is 0 Å². The van der Waals surface area contributed by atoms with Crippen molar-refractivity contribution in [2.45, 2.75) is 26.8 Å². The second-order valence-corrected chi connectivity index (χ2v) is 5.25. The lowest BCUT2D eigenvalue weighted by Gasteiger charge is -2.16. The first-order chi connectivity index (χ1) is 12.5. The van der Waals surface area contributed by atoms with Crippen LogP contribution in [-0.2, 0) is 0 Å². The van der Waals surface area contributed by atoms with E-state index in [1.54, 1.807) is 19.2 Å². The molecular formula is C18H21F2N5O. The van der Waals surface area contributed by atoms with Crippen LogP contribution >= 0.6 is 0 Å². The van der Waals surface area contributed by atoms with Gasteiger partial charge in [0, 0.05) is 18.8 Å². The highest BCUT2D eigenvalue weighted by Gasteiger charge is 2.15. The number of benzene rings is 1. The third-order valence-corrected chi connectivity index (χ3v) is 3.63. The van der Waals surface area contributed by atoms with Gasteiger partial charge in [-0.2, -0.15) is 5.10 Å². The number of anilines is 1. The van der Waals surface area contributed by atoms with Crippen molar-refractivity contribution in [1.29, 1.82) is 0 Å². The molecule has 1 atom stereocenters. The Bertz CT molecular complexity index is 910. The number of rotatable bonds is 4. The fourth-order valence-corrected chi connectivity index (χ4v) is 2.39. The maximum Gasteiger partial charge on any atom is 0.256 e. The minimum absolute atomic E-state index is 0.191. The largest absolute Gasteiger partial charge is 0.363 e. The standard InChI is InChI=1S/C16H15F2N5O.C2H6/c1-9(11-7-10(17)3-4-13(11)18)21-14-5-6-23-15(22-14)12(8-20-23)16(24)19-2;1-2/h3-9H,1-2H3,(H,19,24)(H,21,22);1-2H3. The molecule has 6 nitrogen and oxygen atoms in total. The molecule has 0 spiro atoms. The molecule has 0 saturated heterocycles. The van der Waals surface area contributed by atoms with E-state index in [4.69, 9.17) is 0 Å². The Hall–Kier alpha value is -3.03. The van der Waals surface area contributed by atoms with Crippen LogP contribution in [0.25, 0.3) is 5.65 Å². The van der Waals surface area contributed by atoms with E-state index >= 15 is 0 Å². The molecule has 0 aliphatic heterocycles. The van der Waals surface area contributed by atoms with Gasteiger partial charge < -0.3 is 10.6 Å². The van der Waals surface area contributed by atoms with Crippen LogP contribution in [-0.4, -0.2) is 27.6 Å². The average Bonchev–Trinajstić information content (AvgIpc) is 3.08. The minimum Gasteiger partial charge on any atom is -0.363 e. The van der Waals surface area contributed by atoms with E-state index in [1.807, 2.05) is 13.8 Å². The zero-order chi connectivity index (χ0) is 19.3. The summed E-state index contributed by atoms with van der Waals surface area (Å²) in [6.07, 6.45) is 3.05. The average molecular weight is 361 g/mol. The van der Waals surface area contributed by atoms with Crippen LogP contribution in [0.4, 0.5) is 14.6 Å². The van der Waals surface area contributed by atoms with Crippen LogP contribution in [0.1, 0.15) is 42.7 Å². The van der Waals surface area contributed by atoms with E-state index in [2.05, 4.69) is 20.7 Å². The molecule has 138 valence electrons. The highest BCUT2D eigenvalue weighted by molar-refractivity contribution is 5.99. The highest BCUT2D eigenvalue weighted by Crippen LogP contribution is 2.22. The van der Waals surface area contributed by atoms with Crippen LogP contribution in [0.5, 0.6) is 0 Å². The number of halogens is 2. The molecule has 0 fully saturated rings. The van der Waals surface area contributed by atoms with Gasteiger partial charge in [-0.05, 0) is 31.2 Å². The van der Waals surface area contributed by atoms with Crippen LogP contribution < -0.4 is 10.6 Å². The molecule has 0 aliphatic carbocycles. The van der Waals surface area contributed by atoms with Gasteiger partial charge in [0.2, 0.25) is 0 Å². The molecule has 0 aliphatic rings. The maximum absolute atomic E-state index is 13.8. The zero-order valence-corrected chi connectivity index (χ0v) is 15.0. The lowest BCUT2D eigenvalue weighted by Crippen LogP contribution is -2.18. The molecule has 2 heterocycles. The molecule has 1 unspecified atom stereocenters. The summed E-state index contributed by atoms with van der Waals surface area (Å²) in [4.78, 5) is 16.1. The first-order valence-electron chi connectivity index (χ1n) is 8.27. The van der Waals surface area contributed by atoms with Gasteiger partial charge in [-0.3, -0.25) is 4.79 Å². The molecule has 8 heteroatoms. The predicted molar refractivity (Wildman–Crippen MR) is 96.1 cm³/mol. The number of hydrogen-bond donors (Lipinski definition) is 2. The summed E-state index contributed by atoms with van der Waals surface area (Å²) in [6, 6.07) is 4.42. The van der Waals surface area contributed by atoms with Gasteiger partial charge in [-0.15, -0.1) is 0 Å². The van der Waals surface area contributed by atoms with Gasteiger partial charge in [0.1, 0.15) is 23.0 Å². The van der Waals surface area contributed by atoms with Crippen molar-refractivity contribution < 1.29 is 13.6 Å². The number of fused-ring (bicyclic) bond motifs is 1. The lowest BCUT2D eigenvalue weighted by atomic mass is 10.1. The van der Waals surface area contributed by atoms with Crippen molar-refractivity contribution in [3.05, 3.63) is 59.4 Å². The quantitative estimate of drug-likeness (QED) is 0.745. The Morgan fingerprint density at radius 3 is 2.65 bits per heavy atom. The molecule has 3 rings (SSSR count). The first kappa shape index (κ1) is 19.3. The summed E-state index contributed by atoms with van der Waals surface area (Å²) in [7, 11) is 1.52. The SMILES string of the molecule is CC.CNC(=O)c1cnn2ccc(NC(C)c3cc(F)ccc3F)nc12. The van der Waals surface area contributed by atoms with E-state index in [1.165, 1.54) is 17.8 Å². The van der Waals surface area contributed by atoms with Gasteiger partial charge in [-0.1, -0.05) is 13.8 Å². The van der Waals surface area contributed by atoms with E-state index in [-0.39, 0.29) is 11.5 Å². The van der Waals surface area contributed by atoms with Gasteiger partial charge >= 0.3 is 0 Å². The number of nitrogens with one attached hydrogen (secondary N) is 2. The van der Waals surface area contributed by atoms with Crippen molar-refractivity contribution in [3.63, 3.8) is 0 Å². The molecule has 0 bridgehead atoms.